The fourth-order valence-corrected chi connectivity index (χ4v) is 2.83. The van der Waals surface area contributed by atoms with Gasteiger partial charge in [0.15, 0.2) is 0 Å². The first kappa shape index (κ1) is 12.7. The van der Waals surface area contributed by atoms with E-state index in [9.17, 15) is 4.79 Å². The minimum Gasteiger partial charge on any atom is -0.308 e. The van der Waals surface area contributed by atoms with E-state index in [2.05, 4.69) is 22.0 Å². The van der Waals surface area contributed by atoms with E-state index < -0.39 is 0 Å². The first-order valence-corrected chi connectivity index (χ1v) is 7.19. The van der Waals surface area contributed by atoms with Crippen LogP contribution in [0.25, 0.3) is 0 Å². The molecule has 2 aromatic rings. The zero-order chi connectivity index (χ0) is 13.4. The van der Waals surface area contributed by atoms with E-state index in [-0.39, 0.29) is 5.91 Å². The number of carbonyl (C=O) groups excluding carboxylic acids is 1. The van der Waals surface area contributed by atoms with Gasteiger partial charge in [-0.2, -0.15) is 0 Å². The highest BCUT2D eigenvalue weighted by molar-refractivity contribution is 9.10. The lowest BCUT2D eigenvalue weighted by Crippen LogP contribution is -2.28. The third kappa shape index (κ3) is 2.28. The largest absolute Gasteiger partial charge is 0.308 e. The summed E-state index contributed by atoms with van der Waals surface area (Å²) in [7, 11) is 0. The van der Waals surface area contributed by atoms with E-state index >= 15 is 0 Å². The number of hydrogen-bond donors (Lipinski definition) is 0. The van der Waals surface area contributed by atoms with Gasteiger partial charge in [-0.3, -0.25) is 4.79 Å². The van der Waals surface area contributed by atoms with Crippen LogP contribution in [0.1, 0.15) is 15.9 Å². The summed E-state index contributed by atoms with van der Waals surface area (Å²) in [5.74, 6) is 0.0160. The Morgan fingerprint density at radius 3 is 2.79 bits per heavy atom. The highest BCUT2D eigenvalue weighted by atomic mass is 79.9. The second-order valence-electron chi connectivity index (χ2n) is 4.46. The van der Waals surface area contributed by atoms with Crippen molar-refractivity contribution in [2.75, 3.05) is 11.4 Å². The second kappa shape index (κ2) is 4.99. The average Bonchev–Trinajstić information content (AvgIpc) is 2.85. The number of anilines is 1. The molecule has 0 spiro atoms. The summed E-state index contributed by atoms with van der Waals surface area (Å²) in [6.07, 6.45) is 0.913. The maximum Gasteiger partial charge on any atom is 0.258 e. The Labute approximate surface area is 125 Å². The summed E-state index contributed by atoms with van der Waals surface area (Å²) in [6, 6.07) is 13.3. The van der Waals surface area contributed by atoms with E-state index in [0.717, 1.165) is 23.1 Å². The molecule has 0 atom stereocenters. The standard InChI is InChI=1S/C15H11BrClNO/c16-12-9-11(5-6-13(12)17)15(19)18-8-7-10-3-1-2-4-14(10)18/h1-6,9H,7-8H2. The third-order valence-electron chi connectivity index (χ3n) is 3.30. The zero-order valence-corrected chi connectivity index (χ0v) is 12.4. The predicted molar refractivity (Wildman–Crippen MR) is 81.0 cm³/mol. The van der Waals surface area contributed by atoms with E-state index in [4.69, 9.17) is 11.6 Å². The first-order valence-electron chi connectivity index (χ1n) is 6.01. The molecule has 19 heavy (non-hydrogen) atoms. The first-order chi connectivity index (χ1) is 9.16. The molecule has 3 rings (SSSR count). The van der Waals surface area contributed by atoms with Crippen molar-refractivity contribution in [2.24, 2.45) is 0 Å². The van der Waals surface area contributed by atoms with Crippen molar-refractivity contribution in [3.63, 3.8) is 0 Å². The number of rotatable bonds is 1. The van der Waals surface area contributed by atoms with Gasteiger partial charge in [-0.25, -0.2) is 0 Å². The van der Waals surface area contributed by atoms with E-state index in [1.807, 2.05) is 23.1 Å². The van der Waals surface area contributed by atoms with Gasteiger partial charge in [0.05, 0.1) is 5.02 Å². The molecule has 1 amide bonds. The molecular weight excluding hydrogens is 326 g/mol. The maximum atomic E-state index is 12.5. The number of amides is 1. The normalized spacial score (nSPS) is 13.5. The molecule has 1 aliphatic heterocycles. The maximum absolute atomic E-state index is 12.5. The van der Waals surface area contributed by atoms with Crippen LogP contribution in [0, 0.1) is 0 Å². The van der Waals surface area contributed by atoms with Crippen molar-refractivity contribution in [2.45, 2.75) is 6.42 Å². The molecule has 0 radical (unpaired) electrons. The van der Waals surface area contributed by atoms with Crippen LogP contribution in [-0.2, 0) is 6.42 Å². The lowest BCUT2D eigenvalue weighted by atomic mass is 10.1. The third-order valence-corrected chi connectivity index (χ3v) is 4.51. The summed E-state index contributed by atoms with van der Waals surface area (Å²) in [6.45, 7) is 0.735. The number of fused-ring (bicyclic) bond motifs is 1. The molecule has 1 heterocycles. The van der Waals surface area contributed by atoms with Crippen molar-refractivity contribution >= 4 is 39.1 Å². The molecule has 4 heteroatoms. The molecule has 2 nitrogen and oxygen atoms in total. The van der Waals surface area contributed by atoms with Crippen LogP contribution in [0.3, 0.4) is 0 Å². The van der Waals surface area contributed by atoms with Crippen LogP contribution in [0.15, 0.2) is 46.9 Å². The molecule has 0 aromatic heterocycles. The molecular formula is C15H11BrClNO. The van der Waals surface area contributed by atoms with Gasteiger partial charge in [-0.05, 0) is 52.2 Å². The summed E-state index contributed by atoms with van der Waals surface area (Å²) in [4.78, 5) is 14.4. The minimum absolute atomic E-state index is 0.0160. The van der Waals surface area contributed by atoms with Crippen LogP contribution in [-0.4, -0.2) is 12.5 Å². The van der Waals surface area contributed by atoms with Gasteiger partial charge >= 0.3 is 0 Å². The predicted octanol–water partition coefficient (Wildman–Crippen LogP) is 4.31. The van der Waals surface area contributed by atoms with Gasteiger partial charge < -0.3 is 4.90 Å². The van der Waals surface area contributed by atoms with Crippen molar-refractivity contribution in [3.05, 3.63) is 63.1 Å². The fraction of sp³-hybridized carbons (Fsp3) is 0.133. The van der Waals surface area contributed by atoms with Crippen LogP contribution in [0.2, 0.25) is 5.02 Å². The molecule has 0 bridgehead atoms. The van der Waals surface area contributed by atoms with Gasteiger partial charge in [0.25, 0.3) is 5.91 Å². The van der Waals surface area contributed by atoms with Crippen molar-refractivity contribution in [1.29, 1.82) is 0 Å². The Kier molecular flexibility index (Phi) is 3.33. The number of benzene rings is 2. The highest BCUT2D eigenvalue weighted by Crippen LogP contribution is 2.30. The van der Waals surface area contributed by atoms with Gasteiger partial charge in [0.1, 0.15) is 0 Å². The topological polar surface area (TPSA) is 20.3 Å². The number of carbonyl (C=O) groups is 1. The molecule has 0 saturated heterocycles. The summed E-state index contributed by atoms with van der Waals surface area (Å²) in [5, 5.41) is 0.610. The molecule has 0 aliphatic carbocycles. The molecule has 0 unspecified atom stereocenters. The van der Waals surface area contributed by atoms with Gasteiger partial charge in [0, 0.05) is 22.3 Å². The molecule has 1 aliphatic rings. The average molecular weight is 337 g/mol. The minimum atomic E-state index is 0.0160. The molecule has 0 fully saturated rings. The Hall–Kier alpha value is -1.32. The summed E-state index contributed by atoms with van der Waals surface area (Å²) < 4.78 is 0.743. The molecule has 2 aromatic carbocycles. The van der Waals surface area contributed by atoms with E-state index in [0.29, 0.717) is 10.6 Å². The number of nitrogens with zero attached hydrogens (tertiary/aromatic N) is 1. The van der Waals surface area contributed by atoms with Crippen molar-refractivity contribution in [1.82, 2.24) is 0 Å². The summed E-state index contributed by atoms with van der Waals surface area (Å²) >= 11 is 9.31. The van der Waals surface area contributed by atoms with Gasteiger partial charge in [-0.15, -0.1) is 0 Å². The van der Waals surface area contributed by atoms with Crippen LogP contribution >= 0.6 is 27.5 Å². The highest BCUT2D eigenvalue weighted by Gasteiger charge is 2.25. The Bertz CT molecular complexity index is 656. The molecule has 96 valence electrons. The fourth-order valence-electron chi connectivity index (χ4n) is 2.33. The second-order valence-corrected chi connectivity index (χ2v) is 5.73. The Morgan fingerprint density at radius 1 is 1.21 bits per heavy atom. The molecule has 0 N–H and O–H groups in total. The number of para-hydroxylation sites is 1. The quantitative estimate of drug-likeness (QED) is 0.760. The molecule has 0 saturated carbocycles. The van der Waals surface area contributed by atoms with E-state index in [1.165, 1.54) is 5.56 Å². The Morgan fingerprint density at radius 2 is 2.00 bits per heavy atom. The van der Waals surface area contributed by atoms with Gasteiger partial charge in [0.2, 0.25) is 0 Å². The van der Waals surface area contributed by atoms with Crippen LogP contribution < -0.4 is 4.90 Å². The number of halogens is 2. The Balaban J connectivity index is 1.95. The van der Waals surface area contributed by atoms with Gasteiger partial charge in [-0.1, -0.05) is 29.8 Å². The van der Waals surface area contributed by atoms with Crippen molar-refractivity contribution in [3.8, 4) is 0 Å². The number of hydrogen-bond acceptors (Lipinski definition) is 1. The monoisotopic (exact) mass is 335 g/mol. The van der Waals surface area contributed by atoms with Crippen LogP contribution in [0.4, 0.5) is 5.69 Å². The summed E-state index contributed by atoms with van der Waals surface area (Å²) in [5.41, 5.74) is 2.88. The smallest absolute Gasteiger partial charge is 0.258 e. The van der Waals surface area contributed by atoms with Crippen LogP contribution in [0.5, 0.6) is 0 Å². The van der Waals surface area contributed by atoms with Crippen molar-refractivity contribution < 1.29 is 4.79 Å². The lowest BCUT2D eigenvalue weighted by Gasteiger charge is -2.17. The SMILES string of the molecule is O=C(c1ccc(Cl)c(Br)c1)N1CCc2ccccc21. The zero-order valence-electron chi connectivity index (χ0n) is 10.1. The lowest BCUT2D eigenvalue weighted by molar-refractivity contribution is 0.0989. The van der Waals surface area contributed by atoms with E-state index in [1.54, 1.807) is 18.2 Å².